The number of hydrogen-bond acceptors (Lipinski definition) is 3. The highest BCUT2D eigenvalue weighted by atomic mass is 16.5. The number of rotatable bonds is 4. The molecule has 18 heavy (non-hydrogen) atoms. The first-order chi connectivity index (χ1) is 8.70. The first kappa shape index (κ1) is 12.6. The summed E-state index contributed by atoms with van der Waals surface area (Å²) in [5.74, 6) is 1.38. The second-order valence-corrected chi connectivity index (χ2v) is 4.29. The van der Waals surface area contributed by atoms with Crippen LogP contribution in [0.2, 0.25) is 0 Å². The molecule has 0 saturated carbocycles. The van der Waals surface area contributed by atoms with E-state index in [9.17, 15) is 0 Å². The summed E-state index contributed by atoms with van der Waals surface area (Å²) in [7, 11) is 0. The zero-order valence-corrected chi connectivity index (χ0v) is 10.8. The summed E-state index contributed by atoms with van der Waals surface area (Å²) in [5.41, 5.74) is 8.06. The van der Waals surface area contributed by atoms with Gasteiger partial charge >= 0.3 is 0 Å². The Kier molecular flexibility index (Phi) is 3.95. The zero-order chi connectivity index (χ0) is 13.0. The Morgan fingerprint density at radius 2 is 2.11 bits per heavy atom. The fourth-order valence-electron chi connectivity index (χ4n) is 1.78. The van der Waals surface area contributed by atoms with Gasteiger partial charge in [-0.2, -0.15) is 0 Å². The monoisotopic (exact) mass is 242 g/mol. The predicted molar refractivity (Wildman–Crippen MR) is 72.7 cm³/mol. The first-order valence-corrected chi connectivity index (χ1v) is 6.18. The lowest BCUT2D eigenvalue weighted by atomic mass is 10.1. The molecule has 0 aliphatic carbocycles. The Balaban J connectivity index is 2.28. The fraction of sp³-hybridized carbons (Fsp3) is 0.267. The van der Waals surface area contributed by atoms with Gasteiger partial charge in [0.2, 0.25) is 5.88 Å². The van der Waals surface area contributed by atoms with Crippen LogP contribution in [0, 0.1) is 0 Å². The van der Waals surface area contributed by atoms with Gasteiger partial charge in [0, 0.05) is 17.8 Å². The van der Waals surface area contributed by atoms with E-state index < -0.39 is 0 Å². The number of aromatic nitrogens is 1. The summed E-state index contributed by atoms with van der Waals surface area (Å²) in [6.07, 6.45) is 2.70. The number of hydrogen-bond donors (Lipinski definition) is 1. The molecule has 1 atom stereocenters. The SMILES string of the molecule is CCc1cccc(Oc2ncccc2[C@@H](C)N)c1. The molecule has 1 aromatic carbocycles. The average molecular weight is 242 g/mol. The molecule has 0 aliphatic heterocycles. The molecule has 0 unspecified atom stereocenters. The van der Waals surface area contributed by atoms with Crippen LogP contribution in [0.3, 0.4) is 0 Å². The van der Waals surface area contributed by atoms with Crippen molar-refractivity contribution in [2.75, 3.05) is 0 Å². The molecule has 0 bridgehead atoms. The van der Waals surface area contributed by atoms with E-state index >= 15 is 0 Å². The van der Waals surface area contributed by atoms with Crippen molar-refractivity contribution in [3.8, 4) is 11.6 Å². The van der Waals surface area contributed by atoms with Crippen LogP contribution in [0.1, 0.15) is 31.0 Å². The van der Waals surface area contributed by atoms with E-state index in [1.165, 1.54) is 5.56 Å². The molecule has 0 radical (unpaired) electrons. The van der Waals surface area contributed by atoms with Crippen LogP contribution in [-0.2, 0) is 6.42 Å². The summed E-state index contributed by atoms with van der Waals surface area (Å²) in [6, 6.07) is 11.7. The molecular weight excluding hydrogens is 224 g/mol. The summed E-state index contributed by atoms with van der Waals surface area (Å²) in [6.45, 7) is 4.04. The van der Waals surface area contributed by atoms with Crippen LogP contribution < -0.4 is 10.5 Å². The number of benzene rings is 1. The number of ether oxygens (including phenoxy) is 1. The van der Waals surface area contributed by atoms with Gasteiger partial charge in [0.05, 0.1) is 0 Å². The van der Waals surface area contributed by atoms with Crippen molar-refractivity contribution in [2.24, 2.45) is 5.73 Å². The minimum Gasteiger partial charge on any atom is -0.439 e. The Bertz CT molecular complexity index is 523. The molecule has 0 spiro atoms. The van der Waals surface area contributed by atoms with Gasteiger partial charge in [0.15, 0.2) is 0 Å². The minimum absolute atomic E-state index is 0.0944. The van der Waals surface area contributed by atoms with Gasteiger partial charge in [-0.15, -0.1) is 0 Å². The van der Waals surface area contributed by atoms with Crippen molar-refractivity contribution in [3.63, 3.8) is 0 Å². The molecule has 0 amide bonds. The lowest BCUT2D eigenvalue weighted by Gasteiger charge is -2.12. The number of pyridine rings is 1. The van der Waals surface area contributed by atoms with Crippen LogP contribution in [0.4, 0.5) is 0 Å². The van der Waals surface area contributed by atoms with Gasteiger partial charge in [-0.1, -0.05) is 25.1 Å². The van der Waals surface area contributed by atoms with Crippen LogP contribution in [0.5, 0.6) is 11.6 Å². The highest BCUT2D eigenvalue weighted by molar-refractivity contribution is 5.35. The van der Waals surface area contributed by atoms with Crippen LogP contribution in [0.15, 0.2) is 42.6 Å². The van der Waals surface area contributed by atoms with Crippen molar-refractivity contribution < 1.29 is 4.74 Å². The number of nitrogens with zero attached hydrogens (tertiary/aromatic N) is 1. The molecule has 3 nitrogen and oxygen atoms in total. The quantitative estimate of drug-likeness (QED) is 0.893. The summed E-state index contributed by atoms with van der Waals surface area (Å²) >= 11 is 0. The molecule has 94 valence electrons. The van der Waals surface area contributed by atoms with E-state index in [2.05, 4.69) is 18.0 Å². The maximum Gasteiger partial charge on any atom is 0.223 e. The first-order valence-electron chi connectivity index (χ1n) is 6.18. The fourth-order valence-corrected chi connectivity index (χ4v) is 1.78. The third-order valence-corrected chi connectivity index (χ3v) is 2.81. The smallest absolute Gasteiger partial charge is 0.223 e. The van der Waals surface area contributed by atoms with E-state index in [4.69, 9.17) is 10.5 Å². The van der Waals surface area contributed by atoms with Crippen molar-refractivity contribution >= 4 is 0 Å². The molecule has 3 heteroatoms. The Morgan fingerprint density at radius 1 is 1.28 bits per heavy atom. The molecule has 1 aromatic heterocycles. The van der Waals surface area contributed by atoms with Gasteiger partial charge in [-0.3, -0.25) is 0 Å². The van der Waals surface area contributed by atoms with E-state index in [0.717, 1.165) is 17.7 Å². The van der Waals surface area contributed by atoms with Crippen molar-refractivity contribution in [3.05, 3.63) is 53.7 Å². The van der Waals surface area contributed by atoms with Crippen molar-refractivity contribution in [1.82, 2.24) is 4.98 Å². The minimum atomic E-state index is -0.0944. The Labute approximate surface area is 108 Å². The molecular formula is C15H18N2O. The zero-order valence-electron chi connectivity index (χ0n) is 10.8. The molecule has 1 heterocycles. The highest BCUT2D eigenvalue weighted by Gasteiger charge is 2.09. The van der Waals surface area contributed by atoms with Crippen molar-refractivity contribution in [2.45, 2.75) is 26.3 Å². The average Bonchev–Trinajstić information content (AvgIpc) is 2.39. The molecule has 2 N–H and O–H groups in total. The highest BCUT2D eigenvalue weighted by Crippen LogP contribution is 2.26. The Hall–Kier alpha value is -1.87. The Morgan fingerprint density at radius 3 is 2.83 bits per heavy atom. The standard InChI is InChI=1S/C15H18N2O/c1-3-12-6-4-7-13(10-12)18-15-14(11(2)16)8-5-9-17-15/h4-11H,3,16H2,1-2H3/t11-/m1/s1. The summed E-state index contributed by atoms with van der Waals surface area (Å²) in [5, 5.41) is 0. The number of aryl methyl sites for hydroxylation is 1. The lowest BCUT2D eigenvalue weighted by Crippen LogP contribution is -2.07. The topological polar surface area (TPSA) is 48.1 Å². The number of nitrogens with two attached hydrogens (primary N) is 1. The lowest BCUT2D eigenvalue weighted by molar-refractivity contribution is 0.451. The van der Waals surface area contributed by atoms with Crippen LogP contribution in [0.25, 0.3) is 0 Å². The second-order valence-electron chi connectivity index (χ2n) is 4.29. The van der Waals surface area contributed by atoms with Gasteiger partial charge in [0.1, 0.15) is 5.75 Å². The molecule has 0 fully saturated rings. The van der Waals surface area contributed by atoms with Crippen LogP contribution in [-0.4, -0.2) is 4.98 Å². The van der Waals surface area contributed by atoms with Gasteiger partial charge in [-0.05, 0) is 37.1 Å². The third kappa shape index (κ3) is 2.87. The van der Waals surface area contributed by atoms with E-state index in [1.54, 1.807) is 6.20 Å². The summed E-state index contributed by atoms with van der Waals surface area (Å²) < 4.78 is 5.82. The van der Waals surface area contributed by atoms with Crippen LogP contribution >= 0.6 is 0 Å². The molecule has 0 saturated heterocycles. The van der Waals surface area contributed by atoms with E-state index in [1.807, 2.05) is 37.3 Å². The maximum atomic E-state index is 5.90. The second kappa shape index (κ2) is 5.65. The van der Waals surface area contributed by atoms with Gasteiger partial charge < -0.3 is 10.5 Å². The predicted octanol–water partition coefficient (Wildman–Crippen LogP) is 3.46. The van der Waals surface area contributed by atoms with E-state index in [-0.39, 0.29) is 6.04 Å². The molecule has 2 rings (SSSR count). The van der Waals surface area contributed by atoms with Crippen molar-refractivity contribution in [1.29, 1.82) is 0 Å². The largest absolute Gasteiger partial charge is 0.439 e. The van der Waals surface area contributed by atoms with Gasteiger partial charge in [-0.25, -0.2) is 4.98 Å². The van der Waals surface area contributed by atoms with E-state index in [0.29, 0.717) is 5.88 Å². The third-order valence-electron chi connectivity index (χ3n) is 2.81. The molecule has 2 aromatic rings. The summed E-state index contributed by atoms with van der Waals surface area (Å²) in [4.78, 5) is 4.25. The van der Waals surface area contributed by atoms with Gasteiger partial charge in [0.25, 0.3) is 0 Å². The molecule has 0 aliphatic rings. The normalized spacial score (nSPS) is 12.2. The maximum absolute atomic E-state index is 5.90.